The molecule has 1 atom stereocenters. The topological polar surface area (TPSA) is 32.3 Å². The maximum Gasteiger partial charge on any atom is 0.0537 e. The van der Waals surface area contributed by atoms with Gasteiger partial charge in [-0.1, -0.05) is 75.8 Å². The van der Waals surface area contributed by atoms with Gasteiger partial charge in [-0.15, -0.1) is 0 Å². The van der Waals surface area contributed by atoms with Gasteiger partial charge in [-0.25, -0.2) is 0 Å². The molecule has 26 heavy (non-hydrogen) atoms. The summed E-state index contributed by atoms with van der Waals surface area (Å²) >= 11 is 0. The zero-order valence-corrected chi connectivity index (χ0v) is 16.3. The van der Waals surface area contributed by atoms with Gasteiger partial charge in [-0.2, -0.15) is 0 Å². The van der Waals surface area contributed by atoms with Crippen molar-refractivity contribution in [1.29, 1.82) is 0 Å². The number of rotatable bonds is 13. The molecule has 0 aliphatic rings. The van der Waals surface area contributed by atoms with E-state index in [2.05, 4.69) is 48.6 Å². The molecule has 2 aromatic carbocycles. The molecule has 0 aliphatic heterocycles. The third kappa shape index (κ3) is 8.53. The van der Waals surface area contributed by atoms with Crippen molar-refractivity contribution < 1.29 is 5.11 Å². The second-order valence-electron chi connectivity index (χ2n) is 7.26. The molecule has 0 bridgehead atoms. The van der Waals surface area contributed by atoms with E-state index in [9.17, 15) is 5.11 Å². The first kappa shape index (κ1) is 20.5. The van der Waals surface area contributed by atoms with E-state index in [1.54, 1.807) is 0 Å². The summed E-state index contributed by atoms with van der Waals surface area (Å²) in [6.07, 6.45) is 12.0. The number of aryl methyl sites for hydroxylation is 1. The second kappa shape index (κ2) is 12.5. The number of benzene rings is 2. The van der Waals surface area contributed by atoms with Gasteiger partial charge in [0.1, 0.15) is 0 Å². The molecule has 2 heteroatoms. The summed E-state index contributed by atoms with van der Waals surface area (Å²) in [5.41, 5.74) is 3.70. The number of aliphatic hydroxyl groups excluding tert-OH is 1. The molecule has 1 unspecified atom stereocenters. The summed E-state index contributed by atoms with van der Waals surface area (Å²) in [4.78, 5) is 0. The smallest absolute Gasteiger partial charge is 0.0537 e. The van der Waals surface area contributed by atoms with Crippen molar-refractivity contribution >= 4 is 11.4 Å². The zero-order chi connectivity index (χ0) is 18.5. The van der Waals surface area contributed by atoms with Crippen LogP contribution < -0.4 is 5.32 Å². The van der Waals surface area contributed by atoms with Gasteiger partial charge in [0.25, 0.3) is 0 Å². The Kier molecular flexibility index (Phi) is 9.89. The van der Waals surface area contributed by atoms with Crippen LogP contribution in [-0.4, -0.2) is 11.2 Å². The monoisotopic (exact) mass is 353 g/mol. The Labute approximate surface area is 159 Å². The number of hydrogen-bond donors (Lipinski definition) is 2. The Morgan fingerprint density at radius 1 is 0.731 bits per heavy atom. The Bertz CT molecular complexity index is 579. The highest BCUT2D eigenvalue weighted by molar-refractivity contribution is 5.59. The molecule has 0 fully saturated rings. The molecule has 142 valence electrons. The van der Waals surface area contributed by atoms with E-state index >= 15 is 0 Å². The average molecular weight is 354 g/mol. The van der Waals surface area contributed by atoms with Crippen LogP contribution in [0.25, 0.3) is 0 Å². The molecule has 0 saturated heterocycles. The number of nitrogens with one attached hydrogen (secondary N) is 1. The van der Waals surface area contributed by atoms with Crippen molar-refractivity contribution in [2.24, 2.45) is 0 Å². The molecule has 0 spiro atoms. The molecule has 0 heterocycles. The predicted molar refractivity (Wildman–Crippen MR) is 113 cm³/mol. The second-order valence-corrected chi connectivity index (χ2v) is 7.26. The standard InChI is InChI=1S/C24H35NO/c1-2-24(26)16-12-7-5-3-4-6-9-13-21-17-19-23(20-18-21)25-22-14-10-8-11-15-22/h8,10-11,14-15,17-20,24-26H,2-7,9,12-13,16H2,1H3. The van der Waals surface area contributed by atoms with Crippen molar-refractivity contribution in [2.45, 2.75) is 77.2 Å². The lowest BCUT2D eigenvalue weighted by Gasteiger charge is -2.08. The minimum Gasteiger partial charge on any atom is -0.393 e. The van der Waals surface area contributed by atoms with Gasteiger partial charge < -0.3 is 10.4 Å². The van der Waals surface area contributed by atoms with Crippen molar-refractivity contribution in [2.75, 3.05) is 5.32 Å². The van der Waals surface area contributed by atoms with E-state index in [1.807, 2.05) is 18.2 Å². The highest BCUT2D eigenvalue weighted by Crippen LogP contribution is 2.18. The fraction of sp³-hybridized carbons (Fsp3) is 0.500. The Balaban J connectivity index is 1.52. The molecule has 2 nitrogen and oxygen atoms in total. The average Bonchev–Trinajstić information content (AvgIpc) is 2.68. The lowest BCUT2D eigenvalue weighted by atomic mass is 10.0. The van der Waals surface area contributed by atoms with E-state index in [0.29, 0.717) is 0 Å². The highest BCUT2D eigenvalue weighted by Gasteiger charge is 2.00. The summed E-state index contributed by atoms with van der Waals surface area (Å²) < 4.78 is 0. The van der Waals surface area contributed by atoms with Crippen LogP contribution in [0.5, 0.6) is 0 Å². The van der Waals surface area contributed by atoms with Gasteiger partial charge in [-0.05, 0) is 55.5 Å². The van der Waals surface area contributed by atoms with E-state index < -0.39 is 0 Å². The van der Waals surface area contributed by atoms with E-state index in [0.717, 1.165) is 24.2 Å². The molecular weight excluding hydrogens is 318 g/mol. The summed E-state index contributed by atoms with van der Waals surface area (Å²) in [7, 11) is 0. The minimum absolute atomic E-state index is 0.0794. The van der Waals surface area contributed by atoms with Crippen LogP contribution in [-0.2, 0) is 6.42 Å². The lowest BCUT2D eigenvalue weighted by Crippen LogP contribution is -2.03. The van der Waals surface area contributed by atoms with Crippen LogP contribution in [0, 0.1) is 0 Å². The van der Waals surface area contributed by atoms with E-state index in [1.165, 1.54) is 56.9 Å². The molecule has 2 aromatic rings. The van der Waals surface area contributed by atoms with Crippen LogP contribution in [0.4, 0.5) is 11.4 Å². The van der Waals surface area contributed by atoms with Crippen molar-refractivity contribution in [1.82, 2.24) is 0 Å². The minimum atomic E-state index is -0.0794. The molecule has 2 N–H and O–H groups in total. The largest absolute Gasteiger partial charge is 0.393 e. The number of anilines is 2. The van der Waals surface area contributed by atoms with E-state index in [4.69, 9.17) is 0 Å². The first-order chi connectivity index (χ1) is 12.8. The molecule has 2 rings (SSSR count). The van der Waals surface area contributed by atoms with Crippen molar-refractivity contribution in [3.05, 3.63) is 60.2 Å². The summed E-state index contributed by atoms with van der Waals surface area (Å²) in [5, 5.41) is 13.0. The third-order valence-electron chi connectivity index (χ3n) is 4.99. The fourth-order valence-corrected chi connectivity index (χ4v) is 3.24. The highest BCUT2D eigenvalue weighted by atomic mass is 16.3. The molecular formula is C24H35NO. The summed E-state index contributed by atoms with van der Waals surface area (Å²) in [6.45, 7) is 2.05. The quantitative estimate of drug-likeness (QED) is 0.385. The van der Waals surface area contributed by atoms with Crippen LogP contribution >= 0.6 is 0 Å². The molecule has 0 aromatic heterocycles. The third-order valence-corrected chi connectivity index (χ3v) is 4.99. The van der Waals surface area contributed by atoms with Gasteiger partial charge in [0, 0.05) is 11.4 Å². The van der Waals surface area contributed by atoms with Crippen molar-refractivity contribution in [3.8, 4) is 0 Å². The Morgan fingerprint density at radius 2 is 1.31 bits per heavy atom. The molecule has 0 amide bonds. The predicted octanol–water partition coefficient (Wildman–Crippen LogP) is 6.86. The normalized spacial score (nSPS) is 12.1. The first-order valence-corrected chi connectivity index (χ1v) is 10.4. The maximum atomic E-state index is 9.53. The van der Waals surface area contributed by atoms with Crippen LogP contribution in [0.3, 0.4) is 0 Å². The van der Waals surface area contributed by atoms with Crippen molar-refractivity contribution in [3.63, 3.8) is 0 Å². The summed E-state index contributed by atoms with van der Waals surface area (Å²) in [5.74, 6) is 0. The molecule has 0 aliphatic carbocycles. The van der Waals surface area contributed by atoms with Gasteiger partial charge >= 0.3 is 0 Å². The summed E-state index contributed by atoms with van der Waals surface area (Å²) in [6, 6.07) is 19.1. The number of unbranched alkanes of at least 4 members (excludes halogenated alkanes) is 6. The molecule has 0 saturated carbocycles. The Hall–Kier alpha value is -1.80. The molecule has 0 radical (unpaired) electrons. The van der Waals surface area contributed by atoms with Gasteiger partial charge in [0.2, 0.25) is 0 Å². The first-order valence-electron chi connectivity index (χ1n) is 10.4. The van der Waals surface area contributed by atoms with Gasteiger partial charge in [0.05, 0.1) is 6.10 Å². The van der Waals surface area contributed by atoms with Gasteiger partial charge in [0.15, 0.2) is 0 Å². The maximum absolute atomic E-state index is 9.53. The lowest BCUT2D eigenvalue weighted by molar-refractivity contribution is 0.156. The number of hydrogen-bond acceptors (Lipinski definition) is 2. The van der Waals surface area contributed by atoms with Crippen LogP contribution in [0.1, 0.15) is 70.3 Å². The van der Waals surface area contributed by atoms with Crippen LogP contribution in [0.2, 0.25) is 0 Å². The SMILES string of the molecule is CCC(O)CCCCCCCCCc1ccc(Nc2ccccc2)cc1. The number of aliphatic hydroxyl groups is 1. The van der Waals surface area contributed by atoms with E-state index in [-0.39, 0.29) is 6.10 Å². The zero-order valence-electron chi connectivity index (χ0n) is 16.3. The fourth-order valence-electron chi connectivity index (χ4n) is 3.24. The Morgan fingerprint density at radius 3 is 1.96 bits per heavy atom. The van der Waals surface area contributed by atoms with Gasteiger partial charge in [-0.3, -0.25) is 0 Å². The number of para-hydroxylation sites is 1. The van der Waals surface area contributed by atoms with Crippen LogP contribution in [0.15, 0.2) is 54.6 Å².